The van der Waals surface area contributed by atoms with Gasteiger partial charge in [0.25, 0.3) is 0 Å². The first-order chi connectivity index (χ1) is 11.3. The van der Waals surface area contributed by atoms with Crippen LogP contribution in [0.15, 0.2) is 54.9 Å². The zero-order valence-electron chi connectivity index (χ0n) is 12.6. The second-order valence-electron chi connectivity index (χ2n) is 5.33. The molecule has 0 saturated heterocycles. The SMILES string of the molecule is N#CCc1ccc(OCC(O)Cn2cnc3ccccc32)cc1. The van der Waals surface area contributed by atoms with E-state index in [2.05, 4.69) is 11.1 Å². The first-order valence-corrected chi connectivity index (χ1v) is 7.43. The number of nitriles is 1. The van der Waals surface area contributed by atoms with E-state index in [1.54, 1.807) is 6.33 Å². The Morgan fingerprint density at radius 1 is 1.17 bits per heavy atom. The second-order valence-corrected chi connectivity index (χ2v) is 5.33. The molecule has 0 spiro atoms. The molecule has 0 bridgehead atoms. The summed E-state index contributed by atoms with van der Waals surface area (Å²) in [7, 11) is 0. The molecule has 2 aromatic carbocycles. The Hall–Kier alpha value is -2.84. The molecular formula is C18H17N3O2. The minimum absolute atomic E-state index is 0.199. The Kier molecular flexibility index (Phi) is 4.55. The number of imidazole rings is 1. The summed E-state index contributed by atoms with van der Waals surface area (Å²) in [5.41, 5.74) is 2.85. The van der Waals surface area contributed by atoms with E-state index >= 15 is 0 Å². The van der Waals surface area contributed by atoms with Crippen LogP contribution in [-0.4, -0.2) is 27.4 Å². The van der Waals surface area contributed by atoms with Crippen molar-refractivity contribution in [2.75, 3.05) is 6.61 Å². The molecule has 1 aromatic heterocycles. The van der Waals surface area contributed by atoms with Gasteiger partial charge in [-0.2, -0.15) is 5.26 Å². The standard InChI is InChI=1S/C18H17N3O2/c19-10-9-14-5-7-16(8-6-14)23-12-15(22)11-21-13-20-17-3-1-2-4-18(17)21/h1-8,13,15,22H,9,11-12H2. The van der Waals surface area contributed by atoms with E-state index in [0.717, 1.165) is 16.6 Å². The Morgan fingerprint density at radius 2 is 1.96 bits per heavy atom. The summed E-state index contributed by atoms with van der Waals surface area (Å²) in [6.07, 6.45) is 1.48. The topological polar surface area (TPSA) is 71.1 Å². The third kappa shape index (κ3) is 3.68. The Balaban J connectivity index is 1.57. The first-order valence-electron chi connectivity index (χ1n) is 7.43. The third-order valence-corrected chi connectivity index (χ3v) is 3.58. The first kappa shape index (κ1) is 15.1. The molecule has 0 aliphatic heterocycles. The summed E-state index contributed by atoms with van der Waals surface area (Å²) in [6.45, 7) is 0.622. The van der Waals surface area contributed by atoms with Gasteiger partial charge in [0.2, 0.25) is 0 Å². The van der Waals surface area contributed by atoms with Gasteiger partial charge in [-0.25, -0.2) is 4.98 Å². The molecule has 0 radical (unpaired) electrons. The summed E-state index contributed by atoms with van der Waals surface area (Å²) < 4.78 is 7.51. The molecular weight excluding hydrogens is 290 g/mol. The summed E-state index contributed by atoms with van der Waals surface area (Å²) in [5, 5.41) is 18.8. The van der Waals surface area contributed by atoms with Gasteiger partial charge in [-0.15, -0.1) is 0 Å². The quantitative estimate of drug-likeness (QED) is 0.759. The van der Waals surface area contributed by atoms with Gasteiger partial charge in [0.05, 0.1) is 36.4 Å². The average molecular weight is 307 g/mol. The molecule has 1 atom stereocenters. The molecule has 1 unspecified atom stereocenters. The van der Waals surface area contributed by atoms with Crippen LogP contribution in [0.25, 0.3) is 11.0 Å². The van der Waals surface area contributed by atoms with Crippen LogP contribution in [0.3, 0.4) is 0 Å². The number of hydrogen-bond acceptors (Lipinski definition) is 4. The van der Waals surface area contributed by atoms with Crippen LogP contribution in [0.4, 0.5) is 0 Å². The van der Waals surface area contributed by atoms with Crippen LogP contribution >= 0.6 is 0 Å². The molecule has 116 valence electrons. The number of benzene rings is 2. The Labute approximate surface area is 134 Å². The van der Waals surface area contributed by atoms with Crippen LogP contribution < -0.4 is 4.74 Å². The minimum Gasteiger partial charge on any atom is -0.491 e. The van der Waals surface area contributed by atoms with Crippen LogP contribution in [0.1, 0.15) is 5.56 Å². The molecule has 0 fully saturated rings. The second kappa shape index (κ2) is 6.95. The molecule has 5 nitrogen and oxygen atoms in total. The summed E-state index contributed by atoms with van der Waals surface area (Å²) in [5.74, 6) is 0.682. The molecule has 1 N–H and O–H groups in total. The van der Waals surface area contributed by atoms with E-state index in [4.69, 9.17) is 10.00 Å². The van der Waals surface area contributed by atoms with Crippen molar-refractivity contribution in [3.05, 3.63) is 60.4 Å². The molecule has 0 aliphatic rings. The maximum Gasteiger partial charge on any atom is 0.119 e. The van der Waals surface area contributed by atoms with Crippen molar-refractivity contribution >= 4 is 11.0 Å². The third-order valence-electron chi connectivity index (χ3n) is 3.58. The van der Waals surface area contributed by atoms with Gasteiger partial charge in [-0.05, 0) is 29.8 Å². The largest absolute Gasteiger partial charge is 0.491 e. The lowest BCUT2D eigenvalue weighted by Gasteiger charge is -2.13. The molecule has 0 amide bonds. The van der Waals surface area contributed by atoms with Crippen molar-refractivity contribution in [2.45, 2.75) is 19.1 Å². The predicted molar refractivity (Wildman–Crippen MR) is 87.0 cm³/mol. The fourth-order valence-corrected chi connectivity index (χ4v) is 2.42. The van der Waals surface area contributed by atoms with Gasteiger partial charge in [0.15, 0.2) is 0 Å². The number of hydrogen-bond donors (Lipinski definition) is 1. The molecule has 3 rings (SSSR count). The molecule has 1 heterocycles. The van der Waals surface area contributed by atoms with E-state index in [-0.39, 0.29) is 6.61 Å². The van der Waals surface area contributed by atoms with E-state index < -0.39 is 6.10 Å². The van der Waals surface area contributed by atoms with Crippen LogP contribution in [0.2, 0.25) is 0 Å². The Morgan fingerprint density at radius 3 is 2.74 bits per heavy atom. The number of aliphatic hydroxyl groups is 1. The van der Waals surface area contributed by atoms with Crippen molar-refractivity contribution < 1.29 is 9.84 Å². The van der Waals surface area contributed by atoms with Gasteiger partial charge in [0, 0.05) is 0 Å². The zero-order chi connectivity index (χ0) is 16.1. The fourth-order valence-electron chi connectivity index (χ4n) is 2.42. The van der Waals surface area contributed by atoms with E-state index in [9.17, 15) is 5.11 Å². The number of aliphatic hydroxyl groups excluding tert-OH is 1. The molecule has 23 heavy (non-hydrogen) atoms. The van der Waals surface area contributed by atoms with Gasteiger partial charge < -0.3 is 14.4 Å². The van der Waals surface area contributed by atoms with Gasteiger partial charge in [0.1, 0.15) is 18.5 Å². The summed E-state index contributed by atoms with van der Waals surface area (Å²) in [6, 6.07) is 17.2. The summed E-state index contributed by atoms with van der Waals surface area (Å²) in [4.78, 5) is 4.30. The maximum absolute atomic E-state index is 10.2. The maximum atomic E-state index is 10.2. The minimum atomic E-state index is -0.633. The van der Waals surface area contributed by atoms with E-state index in [1.807, 2.05) is 53.1 Å². The molecule has 5 heteroatoms. The van der Waals surface area contributed by atoms with Crippen LogP contribution in [-0.2, 0) is 13.0 Å². The van der Waals surface area contributed by atoms with Crippen LogP contribution in [0.5, 0.6) is 5.75 Å². The smallest absolute Gasteiger partial charge is 0.119 e. The Bertz CT molecular complexity index is 818. The van der Waals surface area contributed by atoms with Crippen molar-refractivity contribution in [1.29, 1.82) is 5.26 Å². The van der Waals surface area contributed by atoms with Gasteiger partial charge >= 0.3 is 0 Å². The van der Waals surface area contributed by atoms with Gasteiger partial charge in [-0.1, -0.05) is 24.3 Å². The lowest BCUT2D eigenvalue weighted by molar-refractivity contribution is 0.0934. The van der Waals surface area contributed by atoms with Crippen LogP contribution in [0, 0.1) is 11.3 Å². The monoisotopic (exact) mass is 307 g/mol. The van der Waals surface area contributed by atoms with Gasteiger partial charge in [-0.3, -0.25) is 0 Å². The lowest BCUT2D eigenvalue weighted by Crippen LogP contribution is -2.23. The number of para-hydroxylation sites is 2. The highest BCUT2D eigenvalue weighted by Gasteiger charge is 2.09. The molecule has 0 aliphatic carbocycles. The number of aromatic nitrogens is 2. The molecule has 3 aromatic rings. The number of fused-ring (bicyclic) bond motifs is 1. The van der Waals surface area contributed by atoms with E-state index in [0.29, 0.717) is 18.7 Å². The fraction of sp³-hybridized carbons (Fsp3) is 0.222. The summed E-state index contributed by atoms with van der Waals surface area (Å²) >= 11 is 0. The van der Waals surface area contributed by atoms with Crippen molar-refractivity contribution in [2.24, 2.45) is 0 Å². The van der Waals surface area contributed by atoms with Crippen molar-refractivity contribution in [3.63, 3.8) is 0 Å². The number of rotatable bonds is 6. The highest BCUT2D eigenvalue weighted by Crippen LogP contribution is 2.14. The lowest BCUT2D eigenvalue weighted by atomic mass is 10.2. The van der Waals surface area contributed by atoms with E-state index in [1.165, 1.54) is 0 Å². The van der Waals surface area contributed by atoms with Crippen molar-refractivity contribution in [3.8, 4) is 11.8 Å². The highest BCUT2D eigenvalue weighted by atomic mass is 16.5. The van der Waals surface area contributed by atoms with Crippen molar-refractivity contribution in [1.82, 2.24) is 9.55 Å². The number of nitrogens with zero attached hydrogens (tertiary/aromatic N) is 3. The number of ether oxygens (including phenoxy) is 1. The predicted octanol–water partition coefficient (Wildman–Crippen LogP) is 2.54. The normalized spacial score (nSPS) is 12.0. The zero-order valence-corrected chi connectivity index (χ0v) is 12.6. The molecule has 0 saturated carbocycles. The average Bonchev–Trinajstić information content (AvgIpc) is 2.98. The highest BCUT2D eigenvalue weighted by molar-refractivity contribution is 5.74.